The molecule has 0 radical (unpaired) electrons. The predicted molar refractivity (Wildman–Crippen MR) is 131 cm³/mol. The first-order valence-electron chi connectivity index (χ1n) is 11.1. The van der Waals surface area contributed by atoms with E-state index >= 15 is 0 Å². The number of esters is 1. The van der Waals surface area contributed by atoms with Crippen LogP contribution in [0.25, 0.3) is 0 Å². The second-order valence-electron chi connectivity index (χ2n) is 8.98. The zero-order chi connectivity index (χ0) is 24.5. The van der Waals surface area contributed by atoms with Gasteiger partial charge in [0.25, 0.3) is 0 Å². The SMILES string of the molecule is O=C(CN1C(=O)[C@@H]2[C@@H](C1=O)C1(Cl)c3ccccc3C2(Cl)c2ccccc21)OCc1ccccc1Cl. The van der Waals surface area contributed by atoms with Crippen molar-refractivity contribution >= 4 is 52.6 Å². The Balaban J connectivity index is 1.36. The minimum absolute atomic E-state index is 0.0721. The van der Waals surface area contributed by atoms with E-state index in [9.17, 15) is 14.4 Å². The molecule has 3 aromatic rings. The number of ether oxygens (including phenoxy) is 1. The van der Waals surface area contributed by atoms with E-state index < -0.39 is 45.9 Å². The molecular weight excluding hydrogens is 509 g/mol. The Morgan fingerprint density at radius 3 is 1.66 bits per heavy atom. The highest BCUT2D eigenvalue weighted by atomic mass is 35.5. The van der Waals surface area contributed by atoms with E-state index in [0.717, 1.165) is 4.90 Å². The number of imide groups is 1. The Bertz CT molecular complexity index is 1300. The molecule has 0 saturated carbocycles. The third-order valence-corrected chi connectivity index (χ3v) is 8.96. The van der Waals surface area contributed by atoms with Crippen molar-refractivity contribution in [2.24, 2.45) is 11.8 Å². The average molecular weight is 527 g/mol. The molecule has 5 nitrogen and oxygen atoms in total. The van der Waals surface area contributed by atoms with Crippen LogP contribution in [0.4, 0.5) is 0 Å². The molecule has 2 atom stereocenters. The lowest BCUT2D eigenvalue weighted by Gasteiger charge is -2.54. The maximum atomic E-state index is 13.7. The lowest BCUT2D eigenvalue weighted by atomic mass is 9.54. The number of amides is 2. The van der Waals surface area contributed by atoms with Crippen LogP contribution in [0.5, 0.6) is 0 Å². The Morgan fingerprint density at radius 2 is 1.20 bits per heavy atom. The first-order valence-corrected chi connectivity index (χ1v) is 12.2. The minimum atomic E-state index is -1.28. The van der Waals surface area contributed by atoms with E-state index in [-0.39, 0.29) is 6.61 Å². The molecule has 1 aliphatic heterocycles. The normalized spacial score (nSPS) is 27.9. The van der Waals surface area contributed by atoms with E-state index in [1.165, 1.54) is 0 Å². The molecule has 3 aliphatic carbocycles. The van der Waals surface area contributed by atoms with Crippen LogP contribution in [-0.2, 0) is 35.5 Å². The molecule has 3 aromatic carbocycles. The van der Waals surface area contributed by atoms with Gasteiger partial charge in [-0.1, -0.05) is 78.3 Å². The molecule has 1 heterocycles. The Kier molecular flexibility index (Phi) is 5.05. The molecule has 35 heavy (non-hydrogen) atoms. The highest BCUT2D eigenvalue weighted by molar-refractivity contribution is 6.36. The third-order valence-electron chi connectivity index (χ3n) is 7.31. The van der Waals surface area contributed by atoms with Gasteiger partial charge in [-0.2, -0.15) is 0 Å². The fourth-order valence-corrected chi connectivity index (χ4v) is 7.12. The molecule has 0 spiro atoms. The molecule has 0 N–H and O–H groups in total. The van der Waals surface area contributed by atoms with Crippen molar-refractivity contribution in [2.75, 3.05) is 6.54 Å². The summed E-state index contributed by atoms with van der Waals surface area (Å²) >= 11 is 20.8. The standard InChI is InChI=1S/C27H18Cl3NO4/c28-20-12-6-1-7-15(20)14-35-21(32)13-31-24(33)22-23(25(31)34)27(30)17-9-3-2-8-16(17)26(22,29)18-10-4-5-11-19(18)27/h1-12,22-23H,13-14H2/t22-,23-,26?,27?/m0/s1. The summed E-state index contributed by atoms with van der Waals surface area (Å²) in [7, 11) is 0. The summed E-state index contributed by atoms with van der Waals surface area (Å²) in [5.74, 6) is -3.68. The van der Waals surface area contributed by atoms with Gasteiger partial charge in [-0.3, -0.25) is 19.3 Å². The first-order chi connectivity index (χ1) is 16.8. The van der Waals surface area contributed by atoms with E-state index in [4.69, 9.17) is 39.5 Å². The summed E-state index contributed by atoms with van der Waals surface area (Å²) in [5.41, 5.74) is 3.46. The molecule has 7 rings (SSSR count). The third kappa shape index (κ3) is 2.92. The number of halogens is 3. The van der Waals surface area contributed by atoms with Gasteiger partial charge in [-0.15, -0.1) is 23.2 Å². The van der Waals surface area contributed by atoms with Crippen LogP contribution in [-0.4, -0.2) is 29.2 Å². The fourth-order valence-electron chi connectivity index (χ4n) is 5.83. The van der Waals surface area contributed by atoms with Crippen molar-refractivity contribution in [1.29, 1.82) is 0 Å². The van der Waals surface area contributed by atoms with Gasteiger partial charge in [0.05, 0.1) is 11.8 Å². The first kappa shape index (κ1) is 22.6. The summed E-state index contributed by atoms with van der Waals surface area (Å²) in [6, 6.07) is 21.7. The number of benzene rings is 3. The highest BCUT2D eigenvalue weighted by Gasteiger charge is 2.73. The van der Waals surface area contributed by atoms with Crippen LogP contribution in [0, 0.1) is 11.8 Å². The van der Waals surface area contributed by atoms with E-state index in [2.05, 4.69) is 0 Å². The van der Waals surface area contributed by atoms with Crippen LogP contribution < -0.4 is 0 Å². The number of carbonyl (C=O) groups is 3. The van der Waals surface area contributed by atoms with Gasteiger partial charge in [0, 0.05) is 10.6 Å². The summed E-state index contributed by atoms with van der Waals surface area (Å²) in [5, 5.41) is 0.458. The van der Waals surface area contributed by atoms with Crippen LogP contribution in [0.2, 0.25) is 5.02 Å². The van der Waals surface area contributed by atoms with Gasteiger partial charge in [-0.05, 0) is 28.3 Å². The number of nitrogens with zero attached hydrogens (tertiary/aromatic N) is 1. The molecule has 0 unspecified atom stereocenters. The van der Waals surface area contributed by atoms with Gasteiger partial charge < -0.3 is 4.74 Å². The maximum absolute atomic E-state index is 13.7. The van der Waals surface area contributed by atoms with Crippen molar-refractivity contribution < 1.29 is 19.1 Å². The Morgan fingerprint density at radius 1 is 0.771 bits per heavy atom. The van der Waals surface area contributed by atoms with E-state index in [1.807, 2.05) is 48.5 Å². The van der Waals surface area contributed by atoms with E-state index in [1.54, 1.807) is 24.3 Å². The molecule has 4 aliphatic rings. The Labute approximate surface area is 216 Å². The number of likely N-dealkylation sites (tertiary alicyclic amines) is 1. The van der Waals surface area contributed by atoms with Crippen molar-refractivity contribution in [3.05, 3.63) is 106 Å². The van der Waals surface area contributed by atoms with Crippen molar-refractivity contribution in [1.82, 2.24) is 4.90 Å². The summed E-state index contributed by atoms with van der Waals surface area (Å²) in [6.07, 6.45) is 0. The second-order valence-corrected chi connectivity index (χ2v) is 10.6. The topological polar surface area (TPSA) is 63.7 Å². The molecule has 1 saturated heterocycles. The van der Waals surface area contributed by atoms with Crippen LogP contribution in [0.15, 0.2) is 72.8 Å². The molecule has 8 heteroatoms. The molecule has 0 aromatic heterocycles. The van der Waals surface area contributed by atoms with Crippen molar-refractivity contribution in [3.8, 4) is 0 Å². The number of rotatable bonds is 4. The van der Waals surface area contributed by atoms with E-state index in [0.29, 0.717) is 32.8 Å². The van der Waals surface area contributed by atoms with Gasteiger partial charge >= 0.3 is 5.97 Å². The predicted octanol–water partition coefficient (Wildman–Crippen LogP) is 4.98. The van der Waals surface area contributed by atoms with Crippen LogP contribution in [0.1, 0.15) is 27.8 Å². The summed E-state index contributed by atoms with van der Waals surface area (Å²) in [4.78, 5) is 38.5. The Hall–Kier alpha value is -2.86. The fraction of sp³-hybridized carbons (Fsp3) is 0.222. The second kappa shape index (κ2) is 7.82. The minimum Gasteiger partial charge on any atom is -0.459 e. The monoisotopic (exact) mass is 525 g/mol. The smallest absolute Gasteiger partial charge is 0.326 e. The van der Waals surface area contributed by atoms with Crippen LogP contribution in [0.3, 0.4) is 0 Å². The van der Waals surface area contributed by atoms with Gasteiger partial charge in [0.15, 0.2) is 0 Å². The largest absolute Gasteiger partial charge is 0.459 e. The van der Waals surface area contributed by atoms with Crippen molar-refractivity contribution in [2.45, 2.75) is 16.4 Å². The van der Waals surface area contributed by atoms with Crippen LogP contribution >= 0.6 is 34.8 Å². The van der Waals surface area contributed by atoms with Crippen molar-refractivity contribution in [3.63, 3.8) is 0 Å². The molecule has 2 amide bonds. The maximum Gasteiger partial charge on any atom is 0.326 e. The van der Waals surface area contributed by atoms with Gasteiger partial charge in [0.2, 0.25) is 11.8 Å². The average Bonchev–Trinajstić information content (AvgIpc) is 3.13. The highest BCUT2D eigenvalue weighted by Crippen LogP contribution is 2.69. The van der Waals surface area contributed by atoms with Gasteiger partial charge in [0.1, 0.15) is 22.9 Å². The lowest BCUT2D eigenvalue weighted by Crippen LogP contribution is -2.57. The summed E-state index contributed by atoms with van der Waals surface area (Å²) < 4.78 is 5.33. The molecule has 1 fully saturated rings. The molecule has 176 valence electrons. The number of alkyl halides is 2. The molecular formula is C27H18Cl3NO4. The molecule has 2 bridgehead atoms. The number of carbonyl (C=O) groups excluding carboxylic acids is 3. The lowest BCUT2D eigenvalue weighted by molar-refractivity contribution is -0.153. The zero-order valence-electron chi connectivity index (χ0n) is 18.2. The zero-order valence-corrected chi connectivity index (χ0v) is 20.5. The quantitative estimate of drug-likeness (QED) is 0.273. The number of hydrogen-bond donors (Lipinski definition) is 0. The summed E-state index contributed by atoms with van der Waals surface area (Å²) in [6.45, 7) is -0.598. The number of hydrogen-bond acceptors (Lipinski definition) is 4. The van der Waals surface area contributed by atoms with Gasteiger partial charge in [-0.25, -0.2) is 0 Å².